The second-order valence-corrected chi connectivity index (χ2v) is 8.48. The molecule has 6 rings (SSSR count). The van der Waals surface area contributed by atoms with Crippen LogP contribution in [0.1, 0.15) is 0 Å². The summed E-state index contributed by atoms with van der Waals surface area (Å²) in [6.45, 7) is 0. The van der Waals surface area contributed by atoms with Crippen LogP contribution in [0.5, 0.6) is 0 Å². The second-order valence-electron chi connectivity index (χ2n) is 8.04. The van der Waals surface area contributed by atoms with E-state index >= 15 is 0 Å². The van der Waals surface area contributed by atoms with Crippen LogP contribution in [0.3, 0.4) is 0 Å². The van der Waals surface area contributed by atoms with Gasteiger partial charge in [0.25, 0.3) is 0 Å². The van der Waals surface area contributed by atoms with Gasteiger partial charge in [0.15, 0.2) is 0 Å². The molecule has 158 valence electrons. The van der Waals surface area contributed by atoms with Crippen LogP contribution in [0, 0.1) is 0 Å². The van der Waals surface area contributed by atoms with Crippen LogP contribution in [0.2, 0.25) is 5.02 Å². The van der Waals surface area contributed by atoms with Gasteiger partial charge in [-0.3, -0.25) is 0 Å². The van der Waals surface area contributed by atoms with Crippen LogP contribution >= 0.6 is 11.6 Å². The minimum absolute atomic E-state index is 0.696. The van der Waals surface area contributed by atoms with Crippen LogP contribution in [0.15, 0.2) is 127 Å². The van der Waals surface area contributed by atoms with Gasteiger partial charge < -0.3 is 9.47 Å². The number of halogens is 1. The number of anilines is 3. The zero-order chi connectivity index (χ0) is 22.2. The standard InChI is InChI=1S/C30H21ClN2/c31-22-19-25(32(23-11-3-1-4-12-23)24-13-5-2-6-14-24)21-26(20-22)33-29-17-9-7-15-27(29)28-16-8-10-18-30(28)33/h1-21H. The van der Waals surface area contributed by atoms with Crippen molar-refractivity contribution in [1.82, 2.24) is 4.57 Å². The van der Waals surface area contributed by atoms with Crippen molar-refractivity contribution in [2.45, 2.75) is 0 Å². The average molecular weight is 445 g/mol. The van der Waals surface area contributed by atoms with E-state index in [0.717, 1.165) is 33.8 Å². The molecule has 3 heteroatoms. The second kappa shape index (κ2) is 8.16. The Kier molecular flexibility index (Phi) is 4.86. The van der Waals surface area contributed by atoms with Crippen LogP contribution in [-0.4, -0.2) is 4.57 Å². The highest BCUT2D eigenvalue weighted by molar-refractivity contribution is 6.31. The Balaban J connectivity index is 1.62. The third-order valence-electron chi connectivity index (χ3n) is 5.99. The maximum atomic E-state index is 6.75. The van der Waals surface area contributed by atoms with Gasteiger partial charge in [-0.15, -0.1) is 0 Å². The fraction of sp³-hybridized carbons (Fsp3) is 0. The molecule has 0 saturated heterocycles. The Morgan fingerprint density at radius 3 is 1.52 bits per heavy atom. The summed E-state index contributed by atoms with van der Waals surface area (Å²) in [5.41, 5.74) is 6.54. The van der Waals surface area contributed by atoms with E-state index in [0.29, 0.717) is 5.02 Å². The van der Waals surface area contributed by atoms with Gasteiger partial charge in [0, 0.05) is 38.5 Å². The molecule has 0 radical (unpaired) electrons. The number of aromatic nitrogens is 1. The zero-order valence-corrected chi connectivity index (χ0v) is 18.7. The van der Waals surface area contributed by atoms with Gasteiger partial charge in [0.05, 0.1) is 11.0 Å². The van der Waals surface area contributed by atoms with Crippen molar-refractivity contribution < 1.29 is 0 Å². The molecule has 1 aromatic heterocycles. The molecule has 0 fully saturated rings. The summed E-state index contributed by atoms with van der Waals surface area (Å²) in [6.07, 6.45) is 0. The molecule has 1 heterocycles. The highest BCUT2D eigenvalue weighted by atomic mass is 35.5. The molecule has 0 aliphatic carbocycles. The van der Waals surface area contributed by atoms with E-state index in [1.54, 1.807) is 0 Å². The van der Waals surface area contributed by atoms with Crippen LogP contribution in [0.25, 0.3) is 27.5 Å². The number of rotatable bonds is 4. The number of hydrogen-bond donors (Lipinski definition) is 0. The smallest absolute Gasteiger partial charge is 0.0541 e. The minimum Gasteiger partial charge on any atom is -0.310 e. The largest absolute Gasteiger partial charge is 0.310 e. The quantitative estimate of drug-likeness (QED) is 0.263. The van der Waals surface area contributed by atoms with Crippen molar-refractivity contribution >= 4 is 50.5 Å². The molecule has 0 spiro atoms. The molecule has 0 bridgehead atoms. The molecule has 33 heavy (non-hydrogen) atoms. The molecular weight excluding hydrogens is 424 g/mol. The van der Waals surface area contributed by atoms with E-state index in [1.807, 2.05) is 24.3 Å². The molecule has 0 aliphatic rings. The summed E-state index contributed by atoms with van der Waals surface area (Å²) in [6, 6.07) is 44.1. The monoisotopic (exact) mass is 444 g/mol. The SMILES string of the molecule is Clc1cc(N(c2ccccc2)c2ccccc2)cc(-n2c3ccccc3c3ccccc32)c1. The van der Waals surface area contributed by atoms with E-state index in [4.69, 9.17) is 11.6 Å². The summed E-state index contributed by atoms with van der Waals surface area (Å²) in [7, 11) is 0. The molecule has 6 aromatic rings. The van der Waals surface area contributed by atoms with Crippen molar-refractivity contribution in [3.05, 3.63) is 132 Å². The fourth-order valence-corrected chi connectivity index (χ4v) is 4.84. The number of hydrogen-bond acceptors (Lipinski definition) is 1. The first-order valence-corrected chi connectivity index (χ1v) is 11.4. The minimum atomic E-state index is 0.696. The molecule has 2 nitrogen and oxygen atoms in total. The lowest BCUT2D eigenvalue weighted by Gasteiger charge is -2.26. The first kappa shape index (κ1) is 19.7. The molecule has 0 unspecified atom stereocenters. The maximum Gasteiger partial charge on any atom is 0.0541 e. The van der Waals surface area contributed by atoms with Crippen molar-refractivity contribution in [3.63, 3.8) is 0 Å². The highest BCUT2D eigenvalue weighted by Gasteiger charge is 2.16. The zero-order valence-electron chi connectivity index (χ0n) is 17.9. The van der Waals surface area contributed by atoms with E-state index in [1.165, 1.54) is 10.8 Å². The molecule has 0 saturated carbocycles. The van der Waals surface area contributed by atoms with Crippen LogP contribution in [-0.2, 0) is 0 Å². The summed E-state index contributed by atoms with van der Waals surface area (Å²) in [4.78, 5) is 2.24. The van der Waals surface area contributed by atoms with E-state index in [2.05, 4.69) is 113 Å². The van der Waals surface area contributed by atoms with Crippen molar-refractivity contribution in [2.24, 2.45) is 0 Å². The van der Waals surface area contributed by atoms with Gasteiger partial charge in [-0.1, -0.05) is 84.4 Å². The van der Waals surface area contributed by atoms with Gasteiger partial charge >= 0.3 is 0 Å². The predicted molar refractivity (Wildman–Crippen MR) is 140 cm³/mol. The van der Waals surface area contributed by atoms with E-state index in [-0.39, 0.29) is 0 Å². The lowest BCUT2D eigenvalue weighted by Crippen LogP contribution is -2.10. The normalized spacial score (nSPS) is 11.2. The first-order valence-electron chi connectivity index (χ1n) is 11.0. The van der Waals surface area contributed by atoms with Gasteiger partial charge in [-0.25, -0.2) is 0 Å². The number of nitrogens with zero attached hydrogens (tertiary/aromatic N) is 2. The third-order valence-corrected chi connectivity index (χ3v) is 6.21. The summed E-state index contributed by atoms with van der Waals surface area (Å²) >= 11 is 6.75. The predicted octanol–water partition coefficient (Wildman–Crippen LogP) is 8.91. The molecule has 0 N–H and O–H groups in total. The van der Waals surface area contributed by atoms with Crippen LogP contribution < -0.4 is 4.90 Å². The number of benzene rings is 5. The Morgan fingerprint density at radius 1 is 0.485 bits per heavy atom. The van der Waals surface area contributed by atoms with Crippen molar-refractivity contribution in [2.75, 3.05) is 4.90 Å². The van der Waals surface area contributed by atoms with E-state index in [9.17, 15) is 0 Å². The number of fused-ring (bicyclic) bond motifs is 3. The summed E-state index contributed by atoms with van der Waals surface area (Å²) in [5, 5.41) is 3.16. The highest BCUT2D eigenvalue weighted by Crippen LogP contribution is 2.39. The van der Waals surface area contributed by atoms with Gasteiger partial charge in [0.1, 0.15) is 0 Å². The molecule has 0 atom stereocenters. The average Bonchev–Trinajstić information content (AvgIpc) is 3.20. The fourth-order valence-electron chi connectivity index (χ4n) is 4.62. The topological polar surface area (TPSA) is 8.17 Å². The van der Waals surface area contributed by atoms with Crippen molar-refractivity contribution in [3.8, 4) is 5.69 Å². The molecule has 5 aromatic carbocycles. The van der Waals surface area contributed by atoms with Crippen molar-refractivity contribution in [1.29, 1.82) is 0 Å². The van der Waals surface area contributed by atoms with E-state index < -0.39 is 0 Å². The Labute approximate surface area is 197 Å². The Hall–Kier alpha value is -4.01. The van der Waals surface area contributed by atoms with Crippen LogP contribution in [0.4, 0.5) is 17.1 Å². The third kappa shape index (κ3) is 3.45. The summed E-state index contributed by atoms with van der Waals surface area (Å²) < 4.78 is 2.30. The molecule has 0 aliphatic heterocycles. The van der Waals surface area contributed by atoms with Gasteiger partial charge in [-0.05, 0) is 54.6 Å². The Morgan fingerprint density at radius 2 is 0.970 bits per heavy atom. The Bertz CT molecular complexity index is 1480. The lowest BCUT2D eigenvalue weighted by molar-refractivity contribution is 1.17. The van der Waals surface area contributed by atoms with Gasteiger partial charge in [0.2, 0.25) is 0 Å². The van der Waals surface area contributed by atoms with Gasteiger partial charge in [-0.2, -0.15) is 0 Å². The first-order chi connectivity index (χ1) is 16.3. The maximum absolute atomic E-state index is 6.75. The number of para-hydroxylation sites is 4. The lowest BCUT2D eigenvalue weighted by atomic mass is 10.1. The molecular formula is C30H21ClN2. The molecule has 0 amide bonds. The summed E-state index contributed by atoms with van der Waals surface area (Å²) in [5.74, 6) is 0.